The van der Waals surface area contributed by atoms with Crippen LogP contribution in [0, 0.1) is 0 Å². The van der Waals surface area contributed by atoms with Crippen molar-refractivity contribution in [1.82, 2.24) is 9.88 Å². The fourth-order valence-electron chi connectivity index (χ4n) is 6.72. The molecule has 284 valence electrons. The highest BCUT2D eigenvalue weighted by Gasteiger charge is 2.42. The van der Waals surface area contributed by atoms with Crippen LogP contribution in [0.1, 0.15) is 69.1 Å². The Morgan fingerprint density at radius 3 is 2.38 bits per heavy atom. The fraction of sp³-hybridized carbons (Fsp3) is 0.488. The van der Waals surface area contributed by atoms with Crippen molar-refractivity contribution in [1.29, 1.82) is 0 Å². The Hall–Kier alpha value is -4.06. The second-order valence-electron chi connectivity index (χ2n) is 14.7. The van der Waals surface area contributed by atoms with Crippen LogP contribution in [0.4, 0.5) is 4.79 Å². The van der Waals surface area contributed by atoms with Gasteiger partial charge in [-0.25, -0.2) is 4.79 Å². The van der Waals surface area contributed by atoms with Crippen LogP contribution in [0.5, 0.6) is 5.75 Å². The third-order valence-electron chi connectivity index (χ3n) is 9.32. The molecule has 4 aromatic rings. The van der Waals surface area contributed by atoms with E-state index in [4.69, 9.17) is 33.2 Å². The molecular formula is C43H54N2O8. The third kappa shape index (κ3) is 12.0. The summed E-state index contributed by atoms with van der Waals surface area (Å²) in [7, 11) is 0. The minimum Gasteiger partial charge on any atom is -0.494 e. The van der Waals surface area contributed by atoms with Gasteiger partial charge in [-0.05, 0) is 81.0 Å². The highest BCUT2D eigenvalue weighted by atomic mass is 16.7. The number of amides is 1. The summed E-state index contributed by atoms with van der Waals surface area (Å²) in [4.78, 5) is 19.7. The lowest BCUT2D eigenvalue weighted by molar-refractivity contribution is -0.175. The first-order valence-corrected chi connectivity index (χ1v) is 18.9. The van der Waals surface area contributed by atoms with E-state index in [9.17, 15) is 4.79 Å². The summed E-state index contributed by atoms with van der Waals surface area (Å²) in [6.07, 6.45) is 4.23. The molecule has 4 unspecified atom stereocenters. The van der Waals surface area contributed by atoms with Gasteiger partial charge in [-0.3, -0.25) is 4.98 Å². The van der Waals surface area contributed by atoms with Crippen LogP contribution in [0.3, 0.4) is 0 Å². The number of piperidine rings is 1. The molecule has 0 spiro atoms. The summed E-state index contributed by atoms with van der Waals surface area (Å²) < 4.78 is 42.8. The summed E-state index contributed by atoms with van der Waals surface area (Å²) >= 11 is 0. The lowest BCUT2D eigenvalue weighted by atomic mass is 9.84. The number of fused-ring (bicyclic) bond motifs is 1. The number of ether oxygens (including phenoxy) is 7. The van der Waals surface area contributed by atoms with Crippen LogP contribution in [0.2, 0.25) is 0 Å². The van der Waals surface area contributed by atoms with Crippen LogP contribution < -0.4 is 4.74 Å². The van der Waals surface area contributed by atoms with Gasteiger partial charge in [0.25, 0.3) is 0 Å². The summed E-state index contributed by atoms with van der Waals surface area (Å²) in [5, 5.41) is 1.07. The van der Waals surface area contributed by atoms with Gasteiger partial charge in [0, 0.05) is 30.5 Å². The van der Waals surface area contributed by atoms with Crippen LogP contribution in [-0.2, 0) is 41.6 Å². The molecule has 1 aromatic heterocycles. The second-order valence-corrected chi connectivity index (χ2v) is 14.7. The molecule has 0 aliphatic carbocycles. The van der Waals surface area contributed by atoms with E-state index < -0.39 is 17.8 Å². The van der Waals surface area contributed by atoms with E-state index in [0.717, 1.165) is 65.6 Å². The number of carbonyl (C=O) groups excluding carboxylic acids is 1. The Balaban J connectivity index is 1.15. The van der Waals surface area contributed by atoms with Gasteiger partial charge < -0.3 is 38.1 Å². The molecule has 3 aromatic carbocycles. The van der Waals surface area contributed by atoms with E-state index in [-0.39, 0.29) is 18.3 Å². The molecule has 2 saturated heterocycles. The Kier molecular flexibility index (Phi) is 14.1. The molecule has 3 heterocycles. The number of rotatable bonds is 16. The van der Waals surface area contributed by atoms with Crippen molar-refractivity contribution < 1.29 is 38.0 Å². The highest BCUT2D eigenvalue weighted by Crippen LogP contribution is 2.35. The molecule has 2 aliphatic heterocycles. The zero-order valence-corrected chi connectivity index (χ0v) is 31.3. The average molecular weight is 727 g/mol. The maximum absolute atomic E-state index is 13.5. The molecule has 6 rings (SSSR count). The summed E-state index contributed by atoms with van der Waals surface area (Å²) in [5.41, 5.74) is 3.46. The molecule has 0 bridgehead atoms. The molecule has 1 amide bonds. The van der Waals surface area contributed by atoms with Crippen molar-refractivity contribution in [3.8, 4) is 5.75 Å². The zero-order valence-electron chi connectivity index (χ0n) is 31.3. The van der Waals surface area contributed by atoms with Crippen molar-refractivity contribution in [3.63, 3.8) is 0 Å². The van der Waals surface area contributed by atoms with Gasteiger partial charge in [-0.15, -0.1) is 0 Å². The lowest BCUT2D eigenvalue weighted by Gasteiger charge is -2.43. The smallest absolute Gasteiger partial charge is 0.410 e. The lowest BCUT2D eigenvalue weighted by Crippen LogP contribution is -2.55. The largest absolute Gasteiger partial charge is 0.494 e. The Morgan fingerprint density at radius 1 is 0.811 bits per heavy atom. The molecule has 2 fully saturated rings. The molecule has 0 N–H and O–H groups in total. The van der Waals surface area contributed by atoms with Crippen molar-refractivity contribution in [2.75, 3.05) is 46.1 Å². The number of aromatic nitrogens is 1. The van der Waals surface area contributed by atoms with Gasteiger partial charge in [-0.2, -0.15) is 0 Å². The van der Waals surface area contributed by atoms with Gasteiger partial charge >= 0.3 is 6.09 Å². The van der Waals surface area contributed by atoms with Crippen molar-refractivity contribution in [3.05, 3.63) is 108 Å². The SMILES string of the molecule is CC(C)(C)OC(=O)N1CC(OCCOC2CCCCO2)C(c2ccc(OCCCOCc3ccccc3)cc2)C(OCc2ccc3cccnc3c2)C1. The van der Waals surface area contributed by atoms with Gasteiger partial charge in [0.1, 0.15) is 11.4 Å². The molecule has 10 heteroatoms. The number of pyridine rings is 1. The zero-order chi connectivity index (χ0) is 36.9. The molecule has 0 saturated carbocycles. The Morgan fingerprint density at radius 2 is 1.60 bits per heavy atom. The summed E-state index contributed by atoms with van der Waals surface area (Å²) in [6, 6.07) is 28.4. The standard InChI is InChI=1S/C43H54N2O8/c1-43(2,3)53-42(46)45-28-38(49-25-26-51-40-14-7-8-23-50-40)41(39(29-45)52-31-33-15-16-34-13-9-21-44-37(34)27-33)35-17-19-36(20-18-35)48-24-10-22-47-30-32-11-5-4-6-12-32/h4-6,9,11-13,15-21,27,38-41H,7-8,10,14,22-26,28-31H2,1-3H3. The van der Waals surface area contributed by atoms with Gasteiger partial charge in [-0.1, -0.05) is 60.7 Å². The molecule has 0 radical (unpaired) electrons. The molecule has 10 nitrogen and oxygen atoms in total. The number of hydrogen-bond donors (Lipinski definition) is 0. The van der Waals surface area contributed by atoms with Gasteiger partial charge in [0.05, 0.1) is 70.5 Å². The Bertz CT molecular complexity index is 1690. The van der Waals surface area contributed by atoms with Crippen molar-refractivity contribution in [2.24, 2.45) is 0 Å². The molecule has 4 atom stereocenters. The maximum Gasteiger partial charge on any atom is 0.410 e. The number of carbonyl (C=O) groups is 1. The minimum absolute atomic E-state index is 0.182. The van der Waals surface area contributed by atoms with E-state index in [1.165, 1.54) is 0 Å². The van der Waals surface area contributed by atoms with Gasteiger partial charge in [0.2, 0.25) is 0 Å². The van der Waals surface area contributed by atoms with Crippen LogP contribution in [-0.4, -0.2) is 86.2 Å². The number of nitrogens with zero attached hydrogens (tertiary/aromatic N) is 2. The van der Waals surface area contributed by atoms with Gasteiger partial charge in [0.15, 0.2) is 6.29 Å². The summed E-state index contributed by atoms with van der Waals surface area (Å²) in [5.74, 6) is 0.598. The average Bonchev–Trinajstić information content (AvgIpc) is 3.17. The summed E-state index contributed by atoms with van der Waals surface area (Å²) in [6.45, 7) is 9.87. The number of likely N-dealkylation sites (tertiary alicyclic amines) is 1. The first-order valence-electron chi connectivity index (χ1n) is 18.9. The maximum atomic E-state index is 13.5. The normalized spacial score (nSPS) is 20.7. The van der Waals surface area contributed by atoms with Crippen molar-refractivity contribution >= 4 is 17.0 Å². The molecular weight excluding hydrogens is 672 g/mol. The van der Waals surface area contributed by atoms with E-state index in [0.29, 0.717) is 52.7 Å². The molecule has 2 aliphatic rings. The predicted molar refractivity (Wildman–Crippen MR) is 203 cm³/mol. The molecule has 53 heavy (non-hydrogen) atoms. The fourth-order valence-corrected chi connectivity index (χ4v) is 6.72. The third-order valence-corrected chi connectivity index (χ3v) is 9.32. The van der Waals surface area contributed by atoms with E-state index >= 15 is 0 Å². The topological polar surface area (TPSA) is 97.8 Å². The van der Waals surface area contributed by atoms with Crippen LogP contribution in [0.15, 0.2) is 91.1 Å². The Labute approximate surface area is 313 Å². The van der Waals surface area contributed by atoms with E-state index in [1.807, 2.05) is 63.2 Å². The first-order chi connectivity index (χ1) is 25.8. The van der Waals surface area contributed by atoms with E-state index in [2.05, 4.69) is 47.4 Å². The number of benzene rings is 3. The van der Waals surface area contributed by atoms with Crippen LogP contribution >= 0.6 is 0 Å². The number of hydrogen-bond acceptors (Lipinski definition) is 9. The monoisotopic (exact) mass is 726 g/mol. The minimum atomic E-state index is -0.642. The highest BCUT2D eigenvalue weighted by molar-refractivity contribution is 5.78. The van der Waals surface area contributed by atoms with E-state index in [1.54, 1.807) is 11.1 Å². The van der Waals surface area contributed by atoms with Crippen molar-refractivity contribution in [2.45, 2.75) is 89.7 Å². The second kappa shape index (κ2) is 19.3. The van der Waals surface area contributed by atoms with Crippen LogP contribution in [0.25, 0.3) is 10.9 Å². The quantitative estimate of drug-likeness (QED) is 0.106. The first kappa shape index (κ1) is 38.7. The predicted octanol–water partition coefficient (Wildman–Crippen LogP) is 8.07.